The van der Waals surface area contributed by atoms with E-state index in [0.717, 1.165) is 22.5 Å². The Morgan fingerprint density at radius 1 is 1.35 bits per heavy atom. The molecule has 26 heavy (non-hydrogen) atoms. The minimum Gasteiger partial charge on any atom is -0.341 e. The molecular formula is C17H20F2N4O2S. The topological polar surface area (TPSA) is 68.1 Å². The van der Waals surface area contributed by atoms with E-state index in [9.17, 15) is 18.4 Å². The molecule has 9 heteroatoms. The molecule has 1 saturated heterocycles. The maximum atomic E-state index is 13.0. The quantitative estimate of drug-likeness (QED) is 0.745. The summed E-state index contributed by atoms with van der Waals surface area (Å²) in [5, 5.41) is 6.68. The summed E-state index contributed by atoms with van der Waals surface area (Å²) in [5.74, 6) is -0.0396. The van der Waals surface area contributed by atoms with Crippen molar-refractivity contribution >= 4 is 23.0 Å². The normalized spacial score (nSPS) is 15.7. The van der Waals surface area contributed by atoms with Crippen LogP contribution in [0, 0.1) is 6.92 Å². The Morgan fingerprint density at radius 3 is 2.62 bits per heavy atom. The summed E-state index contributed by atoms with van der Waals surface area (Å²) in [4.78, 5) is 29.9. The van der Waals surface area contributed by atoms with Gasteiger partial charge in [0.2, 0.25) is 5.91 Å². The minimum atomic E-state index is -2.66. The number of rotatable bonds is 5. The molecule has 1 fully saturated rings. The number of hydrogen-bond donors (Lipinski definition) is 0. The molecule has 6 nitrogen and oxygen atoms in total. The van der Waals surface area contributed by atoms with Crippen LogP contribution >= 0.6 is 11.3 Å². The Bertz CT molecular complexity index is 810. The molecule has 0 N–H and O–H groups in total. The van der Waals surface area contributed by atoms with Crippen molar-refractivity contribution in [1.82, 2.24) is 19.7 Å². The Labute approximate surface area is 153 Å². The summed E-state index contributed by atoms with van der Waals surface area (Å²) in [7, 11) is 0. The van der Waals surface area contributed by atoms with Gasteiger partial charge in [0.1, 0.15) is 17.9 Å². The van der Waals surface area contributed by atoms with Crippen LogP contribution in [0.15, 0.2) is 11.4 Å². The highest BCUT2D eigenvalue weighted by Crippen LogP contribution is 2.30. The molecule has 0 spiro atoms. The van der Waals surface area contributed by atoms with Gasteiger partial charge >= 0.3 is 0 Å². The summed E-state index contributed by atoms with van der Waals surface area (Å²) in [6.07, 6.45) is -1.16. The van der Waals surface area contributed by atoms with Gasteiger partial charge < -0.3 is 4.90 Å². The average molecular weight is 382 g/mol. The van der Waals surface area contributed by atoms with E-state index in [0.29, 0.717) is 24.5 Å². The first-order valence-electron chi connectivity index (χ1n) is 8.41. The zero-order chi connectivity index (χ0) is 18.8. The van der Waals surface area contributed by atoms with Crippen molar-refractivity contribution in [2.75, 3.05) is 13.1 Å². The van der Waals surface area contributed by atoms with Gasteiger partial charge in [0, 0.05) is 31.3 Å². The minimum absolute atomic E-state index is 0.0514. The van der Waals surface area contributed by atoms with Crippen molar-refractivity contribution in [3.05, 3.63) is 33.5 Å². The monoisotopic (exact) mass is 382 g/mol. The lowest BCUT2D eigenvalue weighted by Gasteiger charge is -2.31. The average Bonchev–Trinajstić information content (AvgIpc) is 3.22. The van der Waals surface area contributed by atoms with Crippen molar-refractivity contribution in [3.63, 3.8) is 0 Å². The molecule has 140 valence electrons. The molecular weight excluding hydrogens is 362 g/mol. The van der Waals surface area contributed by atoms with Crippen molar-refractivity contribution in [2.24, 2.45) is 0 Å². The lowest BCUT2D eigenvalue weighted by molar-refractivity contribution is -0.133. The van der Waals surface area contributed by atoms with Gasteiger partial charge in [0.25, 0.3) is 6.43 Å². The Balaban J connectivity index is 1.59. The lowest BCUT2D eigenvalue weighted by Crippen LogP contribution is -2.40. The third-order valence-electron chi connectivity index (χ3n) is 4.52. The highest BCUT2D eigenvalue weighted by atomic mass is 32.1. The van der Waals surface area contributed by atoms with E-state index in [2.05, 4.69) is 10.1 Å². The molecule has 1 aliphatic rings. The maximum absolute atomic E-state index is 13.0. The molecule has 0 atom stereocenters. The number of carbonyl (C=O) groups excluding carboxylic acids is 2. The maximum Gasteiger partial charge on any atom is 0.280 e. The largest absolute Gasteiger partial charge is 0.341 e. The van der Waals surface area contributed by atoms with Crippen LogP contribution in [0.1, 0.15) is 59.0 Å². The van der Waals surface area contributed by atoms with E-state index in [1.165, 1.54) is 24.3 Å². The van der Waals surface area contributed by atoms with Crippen molar-refractivity contribution < 1.29 is 18.4 Å². The van der Waals surface area contributed by atoms with Crippen molar-refractivity contribution in [1.29, 1.82) is 0 Å². The predicted molar refractivity (Wildman–Crippen MR) is 92.6 cm³/mol. The highest BCUT2D eigenvalue weighted by molar-refractivity contribution is 7.09. The number of halogens is 2. The SMILES string of the molecule is CC(=O)c1csc(C2CCN(C(=O)Cn3nc(C)cc3C(F)F)CC2)n1. The molecule has 1 aliphatic heterocycles. The third kappa shape index (κ3) is 3.98. The molecule has 3 heterocycles. The van der Waals surface area contributed by atoms with E-state index in [1.54, 1.807) is 17.2 Å². The Kier molecular flexibility index (Phi) is 5.45. The molecule has 0 radical (unpaired) electrons. The van der Waals surface area contributed by atoms with E-state index in [1.807, 2.05) is 0 Å². The number of amides is 1. The molecule has 0 bridgehead atoms. The van der Waals surface area contributed by atoms with Gasteiger partial charge in [-0.2, -0.15) is 5.10 Å². The number of piperidine rings is 1. The molecule has 0 aromatic carbocycles. The van der Waals surface area contributed by atoms with Gasteiger partial charge in [-0.25, -0.2) is 13.8 Å². The molecule has 2 aromatic rings. The number of nitrogens with zero attached hydrogens (tertiary/aromatic N) is 4. The van der Waals surface area contributed by atoms with Crippen LogP contribution < -0.4 is 0 Å². The molecule has 0 unspecified atom stereocenters. The summed E-state index contributed by atoms with van der Waals surface area (Å²) in [5.41, 5.74) is 0.722. The van der Waals surface area contributed by atoms with Crippen LogP contribution in [0.5, 0.6) is 0 Å². The standard InChI is InChI=1S/C17H20F2N4O2S/c1-10-7-14(16(18)19)23(21-10)8-15(25)22-5-3-12(4-6-22)17-20-13(9-26-17)11(2)24/h7,9,12,16H,3-6,8H2,1-2H3. The summed E-state index contributed by atoms with van der Waals surface area (Å²) < 4.78 is 27.1. The molecule has 0 aliphatic carbocycles. The number of thiazole rings is 1. The fourth-order valence-electron chi connectivity index (χ4n) is 3.11. The fraction of sp³-hybridized carbons (Fsp3) is 0.529. The number of alkyl halides is 2. The Hall–Kier alpha value is -2.16. The lowest BCUT2D eigenvalue weighted by atomic mass is 9.97. The summed E-state index contributed by atoms with van der Waals surface area (Å²) in [6.45, 7) is 4.03. The van der Waals surface area contributed by atoms with Gasteiger partial charge in [-0.15, -0.1) is 11.3 Å². The predicted octanol–water partition coefficient (Wildman–Crippen LogP) is 3.19. The Morgan fingerprint density at radius 2 is 2.04 bits per heavy atom. The molecule has 0 saturated carbocycles. The number of aryl methyl sites for hydroxylation is 1. The van der Waals surface area contributed by atoms with E-state index >= 15 is 0 Å². The molecule has 2 aromatic heterocycles. The first-order valence-corrected chi connectivity index (χ1v) is 9.29. The van der Waals surface area contributed by atoms with Gasteiger partial charge in [-0.3, -0.25) is 14.3 Å². The van der Waals surface area contributed by atoms with Gasteiger partial charge in [0.15, 0.2) is 5.78 Å². The highest BCUT2D eigenvalue weighted by Gasteiger charge is 2.27. The van der Waals surface area contributed by atoms with Gasteiger partial charge in [0.05, 0.1) is 10.7 Å². The number of likely N-dealkylation sites (tertiary alicyclic amines) is 1. The zero-order valence-electron chi connectivity index (χ0n) is 14.6. The number of hydrogen-bond acceptors (Lipinski definition) is 5. The van der Waals surface area contributed by atoms with Crippen LogP contribution in [0.4, 0.5) is 8.78 Å². The first kappa shape index (κ1) is 18.6. The number of aromatic nitrogens is 3. The molecule has 3 rings (SSSR count). The van der Waals surface area contributed by atoms with Crippen LogP contribution in [0.2, 0.25) is 0 Å². The zero-order valence-corrected chi connectivity index (χ0v) is 15.4. The van der Waals surface area contributed by atoms with E-state index < -0.39 is 6.43 Å². The smallest absolute Gasteiger partial charge is 0.280 e. The summed E-state index contributed by atoms with van der Waals surface area (Å²) >= 11 is 1.47. The molecule has 1 amide bonds. The van der Waals surface area contributed by atoms with E-state index in [4.69, 9.17) is 0 Å². The summed E-state index contributed by atoms with van der Waals surface area (Å²) in [6, 6.07) is 1.30. The van der Waals surface area contributed by atoms with Gasteiger partial charge in [-0.1, -0.05) is 0 Å². The van der Waals surface area contributed by atoms with Crippen LogP contribution in [-0.4, -0.2) is 44.4 Å². The third-order valence-corrected chi connectivity index (χ3v) is 5.53. The second kappa shape index (κ2) is 7.61. The second-order valence-corrected chi connectivity index (χ2v) is 7.34. The van der Waals surface area contributed by atoms with Crippen molar-refractivity contribution in [3.8, 4) is 0 Å². The van der Waals surface area contributed by atoms with Crippen LogP contribution in [0.25, 0.3) is 0 Å². The fourth-order valence-corrected chi connectivity index (χ4v) is 4.14. The number of carbonyl (C=O) groups is 2. The number of ketones is 1. The van der Waals surface area contributed by atoms with Crippen LogP contribution in [-0.2, 0) is 11.3 Å². The van der Waals surface area contributed by atoms with Crippen molar-refractivity contribution in [2.45, 2.75) is 45.6 Å². The second-order valence-electron chi connectivity index (χ2n) is 6.45. The van der Waals surface area contributed by atoms with Crippen LogP contribution in [0.3, 0.4) is 0 Å². The number of Topliss-reactive ketones (excluding diaryl/α,β-unsaturated/α-hetero) is 1. The van der Waals surface area contributed by atoms with Gasteiger partial charge in [-0.05, 0) is 25.8 Å². The first-order chi connectivity index (χ1) is 12.3. The van der Waals surface area contributed by atoms with E-state index in [-0.39, 0.29) is 29.8 Å².